The van der Waals surface area contributed by atoms with E-state index in [1.54, 1.807) is 31.8 Å². The number of benzene rings is 1. The Hall–Kier alpha value is -2.87. The summed E-state index contributed by atoms with van der Waals surface area (Å²) in [6, 6.07) is 6.19. The molecule has 33 heavy (non-hydrogen) atoms. The van der Waals surface area contributed by atoms with Gasteiger partial charge in [0.15, 0.2) is 0 Å². The third kappa shape index (κ3) is 4.76. The Balaban J connectivity index is 1.48. The average Bonchev–Trinajstić information content (AvgIpc) is 3.40. The summed E-state index contributed by atoms with van der Waals surface area (Å²) in [5.41, 5.74) is -0.253. The zero-order chi connectivity index (χ0) is 24.0. The van der Waals surface area contributed by atoms with Crippen LogP contribution in [0.2, 0.25) is 5.02 Å². The molecule has 0 bridgehead atoms. The lowest BCUT2D eigenvalue weighted by molar-refractivity contribution is 0.0976. The molecule has 1 heterocycles. The second-order valence-corrected chi connectivity index (χ2v) is 10.2. The molecule has 2 unspecified atom stereocenters. The number of aryl methyl sites for hydroxylation is 1. The van der Waals surface area contributed by atoms with Crippen LogP contribution in [0.4, 0.5) is 10.1 Å². The Kier molecular flexibility index (Phi) is 5.99. The van der Waals surface area contributed by atoms with Gasteiger partial charge in [0.2, 0.25) is 0 Å². The van der Waals surface area contributed by atoms with Gasteiger partial charge < -0.3 is 15.0 Å². The minimum atomic E-state index is -1.07. The van der Waals surface area contributed by atoms with Crippen LogP contribution in [0, 0.1) is 46.2 Å². The van der Waals surface area contributed by atoms with Crippen LogP contribution in [0.3, 0.4) is 0 Å². The van der Waals surface area contributed by atoms with E-state index in [1.165, 1.54) is 18.2 Å². The molecule has 1 aromatic carbocycles. The SMILES string of the molecule is Cn1cnc(C2CC3CC(O)(C#CC(C)(C)C#N)CC3C2)c1C(=O)Nc1ccc(F)c(Cl)c1. The van der Waals surface area contributed by atoms with Gasteiger partial charge in [-0.2, -0.15) is 5.26 Å². The number of fused-ring (bicyclic) bond motifs is 1. The number of hydrogen-bond acceptors (Lipinski definition) is 4. The number of nitrogens with zero attached hydrogens (tertiary/aromatic N) is 3. The molecule has 0 radical (unpaired) electrons. The standard InChI is InChI=1S/C25H26ClFN4O2/c1-24(2,13-28)6-7-25(33)11-16-8-15(9-17(16)12-25)21-22(31(3)14-29-21)23(32)30-18-4-5-20(27)19(26)10-18/h4-5,10,14-17,33H,8-9,11-12H2,1-3H3,(H,30,32). The van der Waals surface area contributed by atoms with E-state index in [0.29, 0.717) is 24.2 Å². The predicted molar refractivity (Wildman–Crippen MR) is 123 cm³/mol. The molecular formula is C25H26ClFN4O2. The molecular weight excluding hydrogens is 443 g/mol. The van der Waals surface area contributed by atoms with E-state index in [4.69, 9.17) is 16.9 Å². The van der Waals surface area contributed by atoms with Crippen LogP contribution in [-0.4, -0.2) is 26.2 Å². The molecule has 0 aliphatic heterocycles. The Morgan fingerprint density at radius 1 is 1.36 bits per heavy atom. The normalized spacial score (nSPS) is 26.3. The van der Waals surface area contributed by atoms with Gasteiger partial charge in [-0.1, -0.05) is 23.4 Å². The van der Waals surface area contributed by atoms with E-state index in [-0.39, 0.29) is 28.7 Å². The number of amides is 1. The number of carbonyl (C=O) groups excluding carboxylic acids is 1. The largest absolute Gasteiger partial charge is 0.378 e. The highest BCUT2D eigenvalue weighted by Crippen LogP contribution is 2.53. The van der Waals surface area contributed by atoms with Crippen LogP contribution in [-0.2, 0) is 7.05 Å². The van der Waals surface area contributed by atoms with Crippen molar-refractivity contribution >= 4 is 23.2 Å². The number of anilines is 1. The number of aliphatic hydroxyl groups is 1. The quantitative estimate of drug-likeness (QED) is 0.641. The molecule has 2 atom stereocenters. The number of rotatable bonds is 3. The molecule has 2 saturated carbocycles. The molecule has 2 N–H and O–H groups in total. The molecule has 2 fully saturated rings. The van der Waals surface area contributed by atoms with Crippen LogP contribution >= 0.6 is 11.6 Å². The number of nitrogens with one attached hydrogen (secondary N) is 1. The molecule has 8 heteroatoms. The fourth-order valence-electron chi connectivity index (χ4n) is 5.08. The van der Waals surface area contributed by atoms with Gasteiger partial charge in [-0.15, -0.1) is 0 Å². The van der Waals surface area contributed by atoms with E-state index in [2.05, 4.69) is 28.2 Å². The number of hydrogen-bond donors (Lipinski definition) is 2. The summed E-state index contributed by atoms with van der Waals surface area (Å²) in [6.45, 7) is 3.48. The first-order chi connectivity index (χ1) is 15.5. The van der Waals surface area contributed by atoms with Crippen LogP contribution in [0.1, 0.15) is 61.6 Å². The maximum Gasteiger partial charge on any atom is 0.274 e. The minimum absolute atomic E-state index is 0.0598. The summed E-state index contributed by atoms with van der Waals surface area (Å²) < 4.78 is 15.1. The first-order valence-corrected chi connectivity index (χ1v) is 11.3. The fraction of sp³-hybridized carbons (Fsp3) is 0.480. The second-order valence-electron chi connectivity index (χ2n) is 9.79. The number of halogens is 2. The summed E-state index contributed by atoms with van der Waals surface area (Å²) in [6.07, 6.45) is 4.38. The van der Waals surface area contributed by atoms with Crippen molar-refractivity contribution in [3.63, 3.8) is 0 Å². The van der Waals surface area contributed by atoms with Crippen molar-refractivity contribution < 1.29 is 14.3 Å². The molecule has 2 aliphatic rings. The van der Waals surface area contributed by atoms with E-state index in [9.17, 15) is 14.3 Å². The number of nitriles is 1. The van der Waals surface area contributed by atoms with Crippen molar-refractivity contribution in [2.24, 2.45) is 24.3 Å². The second kappa shape index (κ2) is 8.48. The third-order valence-corrected chi connectivity index (χ3v) is 6.96. The van der Waals surface area contributed by atoms with Gasteiger partial charge in [0.1, 0.15) is 22.5 Å². The van der Waals surface area contributed by atoms with Gasteiger partial charge in [0, 0.05) is 18.7 Å². The molecule has 4 rings (SSSR count). The molecule has 0 saturated heterocycles. The Labute approximate surface area is 197 Å². The lowest BCUT2D eigenvalue weighted by atomic mass is 9.90. The Morgan fingerprint density at radius 3 is 2.64 bits per heavy atom. The monoisotopic (exact) mass is 468 g/mol. The van der Waals surface area contributed by atoms with E-state index < -0.39 is 16.8 Å². The summed E-state index contributed by atoms with van der Waals surface area (Å²) in [7, 11) is 1.77. The molecule has 1 aromatic heterocycles. The lowest BCUT2D eigenvalue weighted by Crippen LogP contribution is -2.24. The summed E-state index contributed by atoms with van der Waals surface area (Å²) in [4.78, 5) is 17.6. The van der Waals surface area contributed by atoms with Crippen LogP contribution < -0.4 is 5.32 Å². The van der Waals surface area contributed by atoms with E-state index >= 15 is 0 Å². The Bertz CT molecular complexity index is 1190. The first-order valence-electron chi connectivity index (χ1n) is 11.0. The number of imidazole rings is 1. The van der Waals surface area contributed by atoms with Crippen molar-refractivity contribution in [2.75, 3.05) is 5.32 Å². The first kappa shape index (κ1) is 23.3. The topological polar surface area (TPSA) is 90.9 Å². The zero-order valence-corrected chi connectivity index (χ0v) is 19.6. The molecule has 172 valence electrons. The van der Waals surface area contributed by atoms with Crippen LogP contribution in [0.5, 0.6) is 0 Å². The number of aromatic nitrogens is 2. The molecule has 2 aliphatic carbocycles. The van der Waals surface area contributed by atoms with Crippen LogP contribution in [0.15, 0.2) is 24.5 Å². The maximum atomic E-state index is 13.4. The smallest absolute Gasteiger partial charge is 0.274 e. The van der Waals surface area contributed by atoms with Crippen molar-refractivity contribution in [1.82, 2.24) is 9.55 Å². The van der Waals surface area contributed by atoms with Gasteiger partial charge >= 0.3 is 0 Å². The maximum absolute atomic E-state index is 13.4. The molecule has 1 amide bonds. The van der Waals surface area contributed by atoms with Gasteiger partial charge in [0.05, 0.1) is 23.1 Å². The van der Waals surface area contributed by atoms with Gasteiger partial charge in [-0.25, -0.2) is 9.37 Å². The number of carbonyl (C=O) groups is 1. The molecule has 0 spiro atoms. The lowest BCUT2D eigenvalue weighted by Gasteiger charge is -2.19. The van der Waals surface area contributed by atoms with Crippen molar-refractivity contribution in [3.8, 4) is 17.9 Å². The third-order valence-electron chi connectivity index (χ3n) is 6.67. The fourth-order valence-corrected chi connectivity index (χ4v) is 5.26. The van der Waals surface area contributed by atoms with Gasteiger partial charge in [0.25, 0.3) is 5.91 Å². The van der Waals surface area contributed by atoms with Gasteiger partial charge in [-0.05, 0) is 69.6 Å². The summed E-state index contributed by atoms with van der Waals surface area (Å²) >= 11 is 5.83. The highest BCUT2D eigenvalue weighted by Gasteiger charge is 2.49. The summed E-state index contributed by atoms with van der Waals surface area (Å²) in [5, 5.41) is 22.8. The molecule has 6 nitrogen and oxygen atoms in total. The minimum Gasteiger partial charge on any atom is -0.378 e. The van der Waals surface area contributed by atoms with E-state index in [1.807, 2.05) is 0 Å². The van der Waals surface area contributed by atoms with Crippen molar-refractivity contribution in [3.05, 3.63) is 46.8 Å². The van der Waals surface area contributed by atoms with Crippen molar-refractivity contribution in [2.45, 2.75) is 51.0 Å². The van der Waals surface area contributed by atoms with E-state index in [0.717, 1.165) is 18.5 Å². The van der Waals surface area contributed by atoms with Crippen molar-refractivity contribution in [1.29, 1.82) is 5.26 Å². The van der Waals surface area contributed by atoms with Crippen LogP contribution in [0.25, 0.3) is 0 Å². The average molecular weight is 469 g/mol. The zero-order valence-electron chi connectivity index (χ0n) is 18.8. The molecule has 2 aromatic rings. The highest BCUT2D eigenvalue weighted by molar-refractivity contribution is 6.31. The highest BCUT2D eigenvalue weighted by atomic mass is 35.5. The summed E-state index contributed by atoms with van der Waals surface area (Å²) in [5.74, 6) is 5.68. The Morgan fingerprint density at radius 2 is 2.03 bits per heavy atom. The van der Waals surface area contributed by atoms with Gasteiger partial charge in [-0.3, -0.25) is 4.79 Å². The predicted octanol–water partition coefficient (Wildman–Crippen LogP) is 4.65.